The summed E-state index contributed by atoms with van der Waals surface area (Å²) in [5.74, 6) is 0.239. The number of fused-ring (bicyclic) bond motifs is 1. The molecular formula is C23H27Br2N3O. The molecule has 1 aliphatic heterocycles. The van der Waals surface area contributed by atoms with Crippen molar-refractivity contribution < 1.29 is 4.79 Å². The molecule has 1 saturated heterocycles. The molecule has 0 radical (unpaired) electrons. The Balaban J connectivity index is 1.71. The highest BCUT2D eigenvalue weighted by molar-refractivity contribution is 9.11. The van der Waals surface area contributed by atoms with Gasteiger partial charge in [-0.3, -0.25) is 9.69 Å². The van der Waals surface area contributed by atoms with E-state index in [2.05, 4.69) is 85.4 Å². The maximum atomic E-state index is 14.2. The molecule has 1 amide bonds. The highest BCUT2D eigenvalue weighted by atomic mass is 79.9. The van der Waals surface area contributed by atoms with Crippen molar-refractivity contribution in [3.8, 4) is 0 Å². The van der Waals surface area contributed by atoms with Gasteiger partial charge in [0.1, 0.15) is 5.54 Å². The maximum Gasteiger partial charge on any atom is 0.248 e. The van der Waals surface area contributed by atoms with Gasteiger partial charge in [-0.2, -0.15) is 0 Å². The summed E-state index contributed by atoms with van der Waals surface area (Å²) < 4.78 is 2.04. The minimum Gasteiger partial charge on any atom is -0.337 e. The van der Waals surface area contributed by atoms with Crippen molar-refractivity contribution in [1.29, 1.82) is 0 Å². The molecule has 2 aromatic rings. The zero-order chi connectivity index (χ0) is 20.4. The first-order valence-corrected chi connectivity index (χ1v) is 11.9. The molecule has 4 nitrogen and oxygen atoms in total. The Morgan fingerprint density at radius 2 is 1.83 bits per heavy atom. The lowest BCUT2D eigenvalue weighted by molar-refractivity contribution is -0.147. The molecule has 1 aliphatic carbocycles. The Kier molecular flexibility index (Phi) is 6.44. The van der Waals surface area contributed by atoms with Crippen LogP contribution in [0.2, 0.25) is 0 Å². The van der Waals surface area contributed by atoms with E-state index in [0.717, 1.165) is 53.5 Å². The Morgan fingerprint density at radius 3 is 2.52 bits per heavy atom. The van der Waals surface area contributed by atoms with E-state index in [0.29, 0.717) is 13.1 Å². The van der Waals surface area contributed by atoms with Gasteiger partial charge in [0.15, 0.2) is 0 Å². The molecule has 1 N–H and O–H groups in total. The number of aryl methyl sites for hydroxylation is 1. The summed E-state index contributed by atoms with van der Waals surface area (Å²) in [7, 11) is 0. The van der Waals surface area contributed by atoms with E-state index in [9.17, 15) is 4.79 Å². The molecule has 0 unspecified atom stereocenters. The number of amides is 1. The number of carbonyl (C=O) groups excluding carboxylic acids is 1. The summed E-state index contributed by atoms with van der Waals surface area (Å²) in [6.07, 6.45) is 1.83. The highest BCUT2D eigenvalue weighted by Crippen LogP contribution is 2.43. The van der Waals surface area contributed by atoms with Crippen LogP contribution < -0.4 is 5.32 Å². The van der Waals surface area contributed by atoms with Gasteiger partial charge in [-0.25, -0.2) is 0 Å². The molecule has 1 atom stereocenters. The second-order valence-electron chi connectivity index (χ2n) is 7.85. The van der Waals surface area contributed by atoms with E-state index < -0.39 is 5.54 Å². The molecular weight excluding hydrogens is 494 g/mol. The fraction of sp³-hybridized carbons (Fsp3) is 0.435. The molecule has 1 heterocycles. The Bertz CT molecular complexity index is 877. The number of nitrogens with zero attached hydrogens (tertiary/aromatic N) is 2. The summed E-state index contributed by atoms with van der Waals surface area (Å²) in [6, 6.07) is 14.8. The number of carbonyl (C=O) groups is 1. The van der Waals surface area contributed by atoms with Crippen molar-refractivity contribution in [2.45, 2.75) is 31.8 Å². The number of benzene rings is 2. The summed E-state index contributed by atoms with van der Waals surface area (Å²) in [5.41, 5.74) is 3.11. The zero-order valence-corrected chi connectivity index (χ0v) is 19.9. The minimum atomic E-state index is -0.544. The third kappa shape index (κ3) is 4.05. The third-order valence-corrected chi connectivity index (χ3v) is 7.11. The number of hydrogen-bond donors (Lipinski definition) is 1. The summed E-state index contributed by atoms with van der Waals surface area (Å²) in [5, 5.41) is 3.44. The number of halogens is 2. The van der Waals surface area contributed by atoms with Crippen LogP contribution >= 0.6 is 31.9 Å². The standard InChI is InChI=1S/C23H27Br2N3O/c1-2-27(16-17-13-19(24)15-20(25)14-17)22(29)23(28-11-9-26-10-12-28)8-7-18-5-3-4-6-21(18)23/h3-6,13-15,26H,2,7-12,16H2,1H3/t23-/m0/s1. The fourth-order valence-electron chi connectivity index (χ4n) is 4.84. The number of likely N-dealkylation sites (N-methyl/N-ethyl adjacent to an activating group) is 1. The smallest absolute Gasteiger partial charge is 0.248 e. The minimum absolute atomic E-state index is 0.239. The maximum absolute atomic E-state index is 14.2. The first-order chi connectivity index (χ1) is 14.0. The first kappa shape index (κ1) is 21.0. The van der Waals surface area contributed by atoms with Gasteiger partial charge in [0, 0.05) is 48.2 Å². The lowest BCUT2D eigenvalue weighted by Gasteiger charge is -2.45. The van der Waals surface area contributed by atoms with Crippen molar-refractivity contribution in [2.75, 3.05) is 32.7 Å². The molecule has 0 saturated carbocycles. The SMILES string of the molecule is CCN(Cc1cc(Br)cc(Br)c1)C(=O)[C@]1(N2CCNCC2)CCc2ccccc21. The number of nitrogens with one attached hydrogen (secondary N) is 1. The van der Waals surface area contributed by atoms with E-state index in [1.165, 1.54) is 11.1 Å². The monoisotopic (exact) mass is 519 g/mol. The molecule has 0 aromatic heterocycles. The molecule has 154 valence electrons. The fourth-order valence-corrected chi connectivity index (χ4v) is 6.22. The van der Waals surface area contributed by atoms with E-state index in [4.69, 9.17) is 0 Å². The van der Waals surface area contributed by atoms with E-state index >= 15 is 0 Å². The van der Waals surface area contributed by atoms with Crippen molar-refractivity contribution in [3.05, 3.63) is 68.1 Å². The van der Waals surface area contributed by atoms with Crippen molar-refractivity contribution >= 4 is 37.8 Å². The quantitative estimate of drug-likeness (QED) is 0.638. The first-order valence-electron chi connectivity index (χ1n) is 10.3. The average molecular weight is 521 g/mol. The molecule has 2 aliphatic rings. The van der Waals surface area contributed by atoms with Crippen LogP contribution in [-0.4, -0.2) is 48.4 Å². The largest absolute Gasteiger partial charge is 0.337 e. The Hall–Kier alpha value is -1.21. The van der Waals surface area contributed by atoms with Crippen molar-refractivity contribution in [3.63, 3.8) is 0 Å². The summed E-state index contributed by atoms with van der Waals surface area (Å²) >= 11 is 7.15. The van der Waals surface area contributed by atoms with Gasteiger partial charge in [0.05, 0.1) is 0 Å². The van der Waals surface area contributed by atoms with Gasteiger partial charge in [0.2, 0.25) is 5.91 Å². The van der Waals surface area contributed by atoms with Gasteiger partial charge in [-0.05, 0) is 54.7 Å². The average Bonchev–Trinajstić information content (AvgIpc) is 3.12. The molecule has 1 fully saturated rings. The van der Waals surface area contributed by atoms with E-state index in [1.807, 2.05) is 11.0 Å². The van der Waals surface area contributed by atoms with E-state index in [-0.39, 0.29) is 5.91 Å². The van der Waals surface area contributed by atoms with Crippen LogP contribution in [-0.2, 0) is 23.3 Å². The van der Waals surface area contributed by atoms with Gasteiger partial charge in [0.25, 0.3) is 0 Å². The molecule has 4 rings (SSSR count). The second kappa shape index (κ2) is 8.88. The van der Waals surface area contributed by atoms with Crippen LogP contribution in [0.4, 0.5) is 0 Å². The number of piperazine rings is 1. The van der Waals surface area contributed by atoms with Crippen LogP contribution in [0, 0.1) is 0 Å². The van der Waals surface area contributed by atoms with Crippen LogP contribution in [0.1, 0.15) is 30.0 Å². The van der Waals surface area contributed by atoms with Gasteiger partial charge in [-0.1, -0.05) is 56.1 Å². The molecule has 29 heavy (non-hydrogen) atoms. The molecule has 0 bridgehead atoms. The molecule has 2 aromatic carbocycles. The van der Waals surface area contributed by atoms with Crippen LogP contribution in [0.15, 0.2) is 51.4 Å². The number of hydrogen-bond acceptors (Lipinski definition) is 3. The molecule has 6 heteroatoms. The summed E-state index contributed by atoms with van der Waals surface area (Å²) in [6.45, 7) is 7.06. The van der Waals surface area contributed by atoms with Crippen LogP contribution in [0.25, 0.3) is 0 Å². The lowest BCUT2D eigenvalue weighted by Crippen LogP contribution is -2.60. The lowest BCUT2D eigenvalue weighted by atomic mass is 9.87. The predicted molar refractivity (Wildman–Crippen MR) is 124 cm³/mol. The van der Waals surface area contributed by atoms with Crippen molar-refractivity contribution in [1.82, 2.24) is 15.1 Å². The highest BCUT2D eigenvalue weighted by Gasteiger charge is 2.51. The summed E-state index contributed by atoms with van der Waals surface area (Å²) in [4.78, 5) is 18.6. The number of rotatable bonds is 5. The topological polar surface area (TPSA) is 35.6 Å². The van der Waals surface area contributed by atoms with Gasteiger partial charge < -0.3 is 10.2 Å². The van der Waals surface area contributed by atoms with E-state index in [1.54, 1.807) is 0 Å². The normalized spacial score (nSPS) is 21.8. The predicted octanol–water partition coefficient (Wildman–Crippen LogP) is 4.31. The Labute approximate surface area is 189 Å². The van der Waals surface area contributed by atoms with Gasteiger partial charge in [-0.15, -0.1) is 0 Å². The van der Waals surface area contributed by atoms with Crippen LogP contribution in [0.5, 0.6) is 0 Å². The second-order valence-corrected chi connectivity index (χ2v) is 9.68. The van der Waals surface area contributed by atoms with Crippen molar-refractivity contribution in [2.24, 2.45) is 0 Å². The zero-order valence-electron chi connectivity index (χ0n) is 16.8. The molecule has 0 spiro atoms. The Morgan fingerprint density at radius 1 is 1.14 bits per heavy atom. The van der Waals surface area contributed by atoms with Gasteiger partial charge >= 0.3 is 0 Å². The van der Waals surface area contributed by atoms with Crippen LogP contribution in [0.3, 0.4) is 0 Å². The third-order valence-electron chi connectivity index (χ3n) is 6.19.